The molecule has 1 saturated heterocycles. The Labute approximate surface area is 127 Å². The van der Waals surface area contributed by atoms with Crippen molar-refractivity contribution in [1.29, 1.82) is 0 Å². The predicted octanol–water partition coefficient (Wildman–Crippen LogP) is 1.85. The number of nitrogens with zero attached hydrogens (tertiary/aromatic N) is 1. The number of likely N-dealkylation sites (tertiary alicyclic amines) is 1. The van der Waals surface area contributed by atoms with E-state index in [0.717, 1.165) is 16.6 Å². The van der Waals surface area contributed by atoms with Crippen molar-refractivity contribution in [2.45, 2.75) is 6.42 Å². The lowest BCUT2D eigenvalue weighted by Gasteiger charge is -2.17. The number of halogens is 1. The number of carbonyl (C=O) groups excluding carboxylic acids is 1. The summed E-state index contributed by atoms with van der Waals surface area (Å²) in [6.07, 6.45) is 0.874. The van der Waals surface area contributed by atoms with E-state index in [1.807, 2.05) is 24.3 Å². The van der Waals surface area contributed by atoms with Crippen LogP contribution in [0.3, 0.4) is 0 Å². The molecule has 0 aliphatic carbocycles. The summed E-state index contributed by atoms with van der Waals surface area (Å²) in [5, 5.41) is 11.9. The molecule has 1 atom stereocenters. The normalized spacial score (nSPS) is 18.1. The summed E-state index contributed by atoms with van der Waals surface area (Å²) in [7, 11) is 0. The molecule has 20 heavy (non-hydrogen) atoms. The minimum atomic E-state index is -0.0830. The molecule has 1 aliphatic rings. The summed E-state index contributed by atoms with van der Waals surface area (Å²) >= 11 is 3.36. The van der Waals surface area contributed by atoms with Crippen LogP contribution in [0.4, 0.5) is 4.79 Å². The van der Waals surface area contributed by atoms with Crippen LogP contribution in [0.1, 0.15) is 6.42 Å². The van der Waals surface area contributed by atoms with Crippen LogP contribution in [0.25, 0.3) is 0 Å². The second kappa shape index (κ2) is 7.50. The van der Waals surface area contributed by atoms with Crippen molar-refractivity contribution in [1.82, 2.24) is 10.2 Å². The highest BCUT2D eigenvalue weighted by Gasteiger charge is 2.25. The van der Waals surface area contributed by atoms with Gasteiger partial charge in [-0.1, -0.05) is 15.9 Å². The molecule has 1 aliphatic heterocycles. The van der Waals surface area contributed by atoms with E-state index in [1.54, 1.807) is 4.90 Å². The zero-order chi connectivity index (χ0) is 14.4. The van der Waals surface area contributed by atoms with E-state index in [1.165, 1.54) is 0 Å². The Balaban J connectivity index is 1.63. The third kappa shape index (κ3) is 4.38. The molecular weight excluding hydrogens is 324 g/mol. The van der Waals surface area contributed by atoms with Crippen molar-refractivity contribution in [3.63, 3.8) is 0 Å². The van der Waals surface area contributed by atoms with E-state index < -0.39 is 0 Å². The third-order valence-corrected chi connectivity index (χ3v) is 3.82. The Morgan fingerprint density at radius 1 is 1.45 bits per heavy atom. The maximum Gasteiger partial charge on any atom is 0.317 e. The fourth-order valence-corrected chi connectivity index (χ4v) is 2.40. The average Bonchev–Trinajstić information content (AvgIpc) is 2.94. The van der Waals surface area contributed by atoms with Crippen molar-refractivity contribution in [2.24, 2.45) is 5.92 Å². The van der Waals surface area contributed by atoms with Gasteiger partial charge in [0.1, 0.15) is 12.4 Å². The standard InChI is InChI=1S/C14H19BrN2O3/c15-12-1-3-13(4-2-12)20-8-6-16-14(19)17-7-5-11(9-17)10-18/h1-4,11,18H,5-10H2,(H,16,19). The second-order valence-electron chi connectivity index (χ2n) is 4.82. The smallest absolute Gasteiger partial charge is 0.317 e. The largest absolute Gasteiger partial charge is 0.492 e. The molecule has 110 valence electrons. The topological polar surface area (TPSA) is 61.8 Å². The average molecular weight is 343 g/mol. The lowest BCUT2D eigenvalue weighted by molar-refractivity contribution is 0.195. The van der Waals surface area contributed by atoms with Gasteiger partial charge in [-0.3, -0.25) is 0 Å². The first kappa shape index (κ1) is 15.1. The minimum absolute atomic E-state index is 0.0830. The number of carbonyl (C=O) groups is 1. The fraction of sp³-hybridized carbons (Fsp3) is 0.500. The fourth-order valence-electron chi connectivity index (χ4n) is 2.14. The zero-order valence-electron chi connectivity index (χ0n) is 11.2. The second-order valence-corrected chi connectivity index (χ2v) is 5.73. The molecule has 2 rings (SSSR count). The first-order valence-corrected chi connectivity index (χ1v) is 7.50. The Kier molecular flexibility index (Phi) is 5.67. The summed E-state index contributed by atoms with van der Waals surface area (Å²) in [4.78, 5) is 13.6. The van der Waals surface area contributed by atoms with Crippen molar-refractivity contribution >= 4 is 22.0 Å². The van der Waals surface area contributed by atoms with Crippen LogP contribution in [-0.2, 0) is 0 Å². The van der Waals surface area contributed by atoms with Gasteiger partial charge in [-0.15, -0.1) is 0 Å². The molecule has 1 unspecified atom stereocenters. The number of amides is 2. The van der Waals surface area contributed by atoms with E-state index >= 15 is 0 Å². The van der Waals surface area contributed by atoms with Crippen molar-refractivity contribution in [2.75, 3.05) is 32.8 Å². The molecule has 0 spiro atoms. The van der Waals surface area contributed by atoms with Crippen LogP contribution in [0.5, 0.6) is 5.75 Å². The minimum Gasteiger partial charge on any atom is -0.492 e. The highest BCUT2D eigenvalue weighted by Crippen LogP contribution is 2.16. The van der Waals surface area contributed by atoms with E-state index in [0.29, 0.717) is 26.2 Å². The molecule has 5 nitrogen and oxygen atoms in total. The summed E-state index contributed by atoms with van der Waals surface area (Å²) in [6.45, 7) is 2.40. The number of benzene rings is 1. The summed E-state index contributed by atoms with van der Waals surface area (Å²) in [5.74, 6) is 1.00. The Bertz CT molecular complexity index is 439. The Morgan fingerprint density at radius 2 is 2.20 bits per heavy atom. The lowest BCUT2D eigenvalue weighted by atomic mass is 10.1. The van der Waals surface area contributed by atoms with Crippen LogP contribution in [0.2, 0.25) is 0 Å². The predicted molar refractivity (Wildman–Crippen MR) is 79.8 cm³/mol. The number of rotatable bonds is 5. The van der Waals surface area contributed by atoms with Gasteiger partial charge in [0, 0.05) is 30.1 Å². The highest BCUT2D eigenvalue weighted by atomic mass is 79.9. The molecule has 1 heterocycles. The maximum atomic E-state index is 11.8. The maximum absolute atomic E-state index is 11.8. The van der Waals surface area contributed by atoms with Gasteiger partial charge in [0.15, 0.2) is 0 Å². The number of aliphatic hydroxyl groups excluding tert-OH is 1. The summed E-state index contributed by atoms with van der Waals surface area (Å²) < 4.78 is 6.53. The van der Waals surface area contributed by atoms with E-state index in [4.69, 9.17) is 9.84 Å². The summed E-state index contributed by atoms with van der Waals surface area (Å²) in [5.41, 5.74) is 0. The van der Waals surface area contributed by atoms with Crippen molar-refractivity contribution < 1.29 is 14.6 Å². The molecule has 0 radical (unpaired) electrons. The molecule has 2 amide bonds. The van der Waals surface area contributed by atoms with Gasteiger partial charge >= 0.3 is 6.03 Å². The summed E-state index contributed by atoms with van der Waals surface area (Å²) in [6, 6.07) is 7.48. The van der Waals surface area contributed by atoms with Gasteiger partial charge in [0.2, 0.25) is 0 Å². The molecule has 0 saturated carbocycles. The third-order valence-electron chi connectivity index (χ3n) is 3.29. The first-order chi connectivity index (χ1) is 9.69. The van der Waals surface area contributed by atoms with Crippen molar-refractivity contribution in [3.05, 3.63) is 28.7 Å². The van der Waals surface area contributed by atoms with Gasteiger partial charge < -0.3 is 20.1 Å². The van der Waals surface area contributed by atoms with Crippen LogP contribution >= 0.6 is 15.9 Å². The number of hydrogen-bond donors (Lipinski definition) is 2. The van der Waals surface area contributed by atoms with E-state index in [9.17, 15) is 4.79 Å². The van der Waals surface area contributed by atoms with E-state index in [-0.39, 0.29) is 18.6 Å². The van der Waals surface area contributed by atoms with Crippen LogP contribution in [0, 0.1) is 5.92 Å². The zero-order valence-corrected chi connectivity index (χ0v) is 12.8. The van der Waals surface area contributed by atoms with Crippen LogP contribution in [-0.4, -0.2) is 48.9 Å². The van der Waals surface area contributed by atoms with Gasteiger partial charge in [-0.2, -0.15) is 0 Å². The number of ether oxygens (including phenoxy) is 1. The Hall–Kier alpha value is -1.27. The Morgan fingerprint density at radius 3 is 2.85 bits per heavy atom. The van der Waals surface area contributed by atoms with Crippen LogP contribution in [0.15, 0.2) is 28.7 Å². The molecule has 0 bridgehead atoms. The van der Waals surface area contributed by atoms with Crippen LogP contribution < -0.4 is 10.1 Å². The molecule has 0 aromatic heterocycles. The molecule has 1 aromatic carbocycles. The van der Waals surface area contributed by atoms with Gasteiger partial charge in [0.25, 0.3) is 0 Å². The van der Waals surface area contributed by atoms with E-state index in [2.05, 4.69) is 21.2 Å². The highest BCUT2D eigenvalue weighted by molar-refractivity contribution is 9.10. The SMILES string of the molecule is O=C(NCCOc1ccc(Br)cc1)N1CCC(CO)C1. The quantitative estimate of drug-likeness (QED) is 0.803. The number of aliphatic hydroxyl groups is 1. The molecular formula is C14H19BrN2O3. The molecule has 6 heteroatoms. The molecule has 2 N–H and O–H groups in total. The molecule has 1 aromatic rings. The van der Waals surface area contributed by atoms with Gasteiger partial charge in [0.05, 0.1) is 6.54 Å². The lowest BCUT2D eigenvalue weighted by Crippen LogP contribution is -2.40. The first-order valence-electron chi connectivity index (χ1n) is 6.71. The monoisotopic (exact) mass is 342 g/mol. The van der Waals surface area contributed by atoms with Crippen molar-refractivity contribution in [3.8, 4) is 5.75 Å². The number of urea groups is 1. The van der Waals surface area contributed by atoms with Gasteiger partial charge in [-0.25, -0.2) is 4.79 Å². The number of hydrogen-bond acceptors (Lipinski definition) is 3. The number of nitrogens with one attached hydrogen (secondary N) is 1. The molecule has 1 fully saturated rings. The van der Waals surface area contributed by atoms with Gasteiger partial charge in [-0.05, 0) is 30.7 Å².